The van der Waals surface area contributed by atoms with Crippen LogP contribution in [0, 0.1) is 6.92 Å². The molecule has 4 aromatic carbocycles. The Balaban J connectivity index is 1.48. The number of aromatic nitrogens is 2. The van der Waals surface area contributed by atoms with E-state index in [1.165, 1.54) is 10.9 Å². The summed E-state index contributed by atoms with van der Waals surface area (Å²) in [7, 11) is 1.76. The standard InChI is InChI=1S/C32H27ClN4O3/c1-22-8-6-13-28(18-22)40-29-20-34-37(27-16-14-25(33)15-17-27)32(39)30(29)35-26-12-7-11-24(19-26)31(38)36(2)21-23-9-4-3-5-10-23/h3-20,35H,21H2,1-2H3. The van der Waals surface area contributed by atoms with Crippen LogP contribution in [0.25, 0.3) is 5.69 Å². The Labute approximate surface area is 237 Å². The van der Waals surface area contributed by atoms with Crippen LogP contribution in [0.15, 0.2) is 114 Å². The van der Waals surface area contributed by atoms with Crippen LogP contribution in [0.4, 0.5) is 11.4 Å². The first-order valence-corrected chi connectivity index (χ1v) is 13.0. The average Bonchev–Trinajstić information content (AvgIpc) is 2.96. The number of anilines is 2. The van der Waals surface area contributed by atoms with Crippen molar-refractivity contribution in [2.75, 3.05) is 12.4 Å². The normalized spacial score (nSPS) is 10.7. The molecule has 0 atom stereocenters. The summed E-state index contributed by atoms with van der Waals surface area (Å²) in [4.78, 5) is 28.6. The van der Waals surface area contributed by atoms with Gasteiger partial charge in [-0.25, -0.2) is 0 Å². The Morgan fingerprint density at radius 3 is 2.45 bits per heavy atom. The quantitative estimate of drug-likeness (QED) is 0.225. The van der Waals surface area contributed by atoms with Crippen LogP contribution in [0.3, 0.4) is 0 Å². The van der Waals surface area contributed by atoms with Gasteiger partial charge in [0, 0.05) is 29.9 Å². The lowest BCUT2D eigenvalue weighted by atomic mass is 10.1. The number of nitrogens with zero attached hydrogens (tertiary/aromatic N) is 3. The SMILES string of the molecule is Cc1cccc(Oc2cnn(-c3ccc(Cl)cc3)c(=O)c2Nc2cccc(C(=O)N(C)Cc3ccccc3)c2)c1. The monoisotopic (exact) mass is 550 g/mol. The number of benzene rings is 4. The summed E-state index contributed by atoms with van der Waals surface area (Å²) in [5.74, 6) is 0.677. The van der Waals surface area contributed by atoms with E-state index >= 15 is 0 Å². The number of aryl methyl sites for hydroxylation is 1. The second-order valence-electron chi connectivity index (χ2n) is 9.35. The number of carbonyl (C=O) groups is 1. The first-order chi connectivity index (χ1) is 19.4. The van der Waals surface area contributed by atoms with Gasteiger partial charge in [-0.2, -0.15) is 9.78 Å². The van der Waals surface area contributed by atoms with Gasteiger partial charge < -0.3 is 15.0 Å². The second kappa shape index (κ2) is 11.9. The minimum Gasteiger partial charge on any atom is -0.453 e. The van der Waals surface area contributed by atoms with Crippen molar-refractivity contribution in [1.82, 2.24) is 14.7 Å². The van der Waals surface area contributed by atoms with E-state index in [9.17, 15) is 9.59 Å². The van der Waals surface area contributed by atoms with Gasteiger partial charge in [0.15, 0.2) is 11.4 Å². The lowest BCUT2D eigenvalue weighted by Gasteiger charge is -2.18. The molecule has 40 heavy (non-hydrogen) atoms. The van der Waals surface area contributed by atoms with Crippen molar-refractivity contribution in [3.8, 4) is 17.2 Å². The zero-order valence-corrected chi connectivity index (χ0v) is 22.8. The highest BCUT2D eigenvalue weighted by atomic mass is 35.5. The fraction of sp³-hybridized carbons (Fsp3) is 0.0938. The molecule has 0 spiro atoms. The summed E-state index contributed by atoms with van der Waals surface area (Å²) in [5.41, 5.74) is 3.38. The Morgan fingerprint density at radius 2 is 1.70 bits per heavy atom. The number of hydrogen-bond donors (Lipinski definition) is 1. The summed E-state index contributed by atoms with van der Waals surface area (Å²) in [5, 5.41) is 8.08. The van der Waals surface area contributed by atoms with Crippen molar-refractivity contribution in [3.63, 3.8) is 0 Å². The van der Waals surface area contributed by atoms with E-state index in [1.807, 2.05) is 61.5 Å². The van der Waals surface area contributed by atoms with Crippen LogP contribution in [-0.4, -0.2) is 27.6 Å². The molecule has 1 heterocycles. The molecule has 0 aliphatic carbocycles. The molecule has 200 valence electrons. The number of nitrogens with one attached hydrogen (secondary N) is 1. The summed E-state index contributed by atoms with van der Waals surface area (Å²) in [6.45, 7) is 2.43. The molecule has 5 aromatic rings. The van der Waals surface area contributed by atoms with E-state index in [0.717, 1.165) is 11.1 Å². The highest BCUT2D eigenvalue weighted by molar-refractivity contribution is 6.30. The van der Waals surface area contributed by atoms with Gasteiger partial charge in [-0.3, -0.25) is 9.59 Å². The molecule has 0 saturated carbocycles. The molecule has 0 fully saturated rings. The molecule has 0 aliphatic rings. The van der Waals surface area contributed by atoms with E-state index in [2.05, 4.69) is 10.4 Å². The van der Waals surface area contributed by atoms with Crippen LogP contribution in [0.5, 0.6) is 11.5 Å². The van der Waals surface area contributed by atoms with Crippen LogP contribution >= 0.6 is 11.6 Å². The number of ether oxygens (including phenoxy) is 1. The van der Waals surface area contributed by atoms with Crippen LogP contribution < -0.4 is 15.6 Å². The number of carbonyl (C=O) groups excluding carboxylic acids is 1. The first-order valence-electron chi connectivity index (χ1n) is 12.7. The summed E-state index contributed by atoms with van der Waals surface area (Å²) < 4.78 is 7.37. The Hall–Kier alpha value is -4.88. The molecule has 0 bridgehead atoms. The van der Waals surface area contributed by atoms with Crippen molar-refractivity contribution in [2.45, 2.75) is 13.5 Å². The van der Waals surface area contributed by atoms with Gasteiger partial charge in [0.2, 0.25) is 0 Å². The van der Waals surface area contributed by atoms with Gasteiger partial charge in [0.25, 0.3) is 11.5 Å². The number of halogens is 1. The predicted octanol–water partition coefficient (Wildman–Crippen LogP) is 7.00. The lowest BCUT2D eigenvalue weighted by molar-refractivity contribution is 0.0785. The molecular formula is C32H27ClN4O3. The molecule has 0 unspecified atom stereocenters. The minimum atomic E-state index is -0.426. The Bertz CT molecular complexity index is 1700. The van der Waals surface area contributed by atoms with E-state index in [-0.39, 0.29) is 17.3 Å². The molecule has 5 rings (SSSR count). The zero-order chi connectivity index (χ0) is 28.1. The van der Waals surface area contributed by atoms with Crippen molar-refractivity contribution in [2.24, 2.45) is 0 Å². The highest BCUT2D eigenvalue weighted by Gasteiger charge is 2.17. The molecule has 0 saturated heterocycles. The number of rotatable bonds is 8. The molecule has 7 nitrogen and oxygen atoms in total. The topological polar surface area (TPSA) is 76.5 Å². The smallest absolute Gasteiger partial charge is 0.299 e. The maximum Gasteiger partial charge on any atom is 0.299 e. The van der Waals surface area contributed by atoms with Crippen molar-refractivity contribution in [1.29, 1.82) is 0 Å². The minimum absolute atomic E-state index is 0.142. The van der Waals surface area contributed by atoms with Gasteiger partial charge in [0.05, 0.1) is 11.9 Å². The van der Waals surface area contributed by atoms with Gasteiger partial charge >= 0.3 is 0 Å². The number of hydrogen-bond acceptors (Lipinski definition) is 5. The molecule has 1 amide bonds. The third-order valence-corrected chi connectivity index (χ3v) is 6.47. The van der Waals surface area contributed by atoms with Crippen LogP contribution in [-0.2, 0) is 6.54 Å². The number of amides is 1. The highest BCUT2D eigenvalue weighted by Crippen LogP contribution is 2.30. The maximum atomic E-state index is 13.7. The Kier molecular flexibility index (Phi) is 7.94. The van der Waals surface area contributed by atoms with Crippen molar-refractivity contribution >= 4 is 28.9 Å². The Morgan fingerprint density at radius 1 is 0.950 bits per heavy atom. The predicted molar refractivity (Wildman–Crippen MR) is 158 cm³/mol. The molecule has 8 heteroatoms. The fourth-order valence-electron chi connectivity index (χ4n) is 4.23. The molecule has 1 aromatic heterocycles. The van der Waals surface area contributed by atoms with Gasteiger partial charge in [-0.15, -0.1) is 0 Å². The fourth-order valence-corrected chi connectivity index (χ4v) is 4.35. The van der Waals surface area contributed by atoms with E-state index in [0.29, 0.717) is 34.3 Å². The van der Waals surface area contributed by atoms with Crippen molar-refractivity contribution in [3.05, 3.63) is 141 Å². The van der Waals surface area contributed by atoms with Gasteiger partial charge in [-0.05, 0) is 72.6 Å². The summed E-state index contributed by atoms with van der Waals surface area (Å²) in [6, 6.07) is 31.1. The largest absolute Gasteiger partial charge is 0.453 e. The van der Waals surface area contributed by atoms with Gasteiger partial charge in [-0.1, -0.05) is 60.1 Å². The molecular weight excluding hydrogens is 524 g/mol. The van der Waals surface area contributed by atoms with Crippen molar-refractivity contribution < 1.29 is 9.53 Å². The van der Waals surface area contributed by atoms with Gasteiger partial charge in [0.1, 0.15) is 5.75 Å². The van der Waals surface area contributed by atoms with Crippen LogP contribution in [0.1, 0.15) is 21.5 Å². The molecule has 1 N–H and O–H groups in total. The van der Waals surface area contributed by atoms with E-state index < -0.39 is 5.56 Å². The third kappa shape index (κ3) is 6.22. The molecule has 0 radical (unpaired) electrons. The van der Waals surface area contributed by atoms with Crippen LogP contribution in [0.2, 0.25) is 5.02 Å². The third-order valence-electron chi connectivity index (χ3n) is 6.22. The second-order valence-corrected chi connectivity index (χ2v) is 9.78. The first kappa shape index (κ1) is 26.7. The van der Waals surface area contributed by atoms with E-state index in [1.54, 1.807) is 60.5 Å². The summed E-state index contributed by atoms with van der Waals surface area (Å²) >= 11 is 6.04. The summed E-state index contributed by atoms with van der Waals surface area (Å²) in [6.07, 6.45) is 1.49. The zero-order valence-electron chi connectivity index (χ0n) is 22.0. The molecule has 0 aliphatic heterocycles. The lowest BCUT2D eigenvalue weighted by Crippen LogP contribution is -2.26. The van der Waals surface area contributed by atoms with E-state index in [4.69, 9.17) is 16.3 Å². The average molecular weight is 551 g/mol. The maximum absolute atomic E-state index is 13.7.